The number of phosphoric acid groups is 1. The van der Waals surface area contributed by atoms with E-state index in [4.69, 9.17) is 9.05 Å². The van der Waals surface area contributed by atoms with E-state index in [1.165, 1.54) is 186 Å². The lowest BCUT2D eigenvalue weighted by molar-refractivity contribution is -0.870. The molecule has 0 aromatic carbocycles. The molecule has 8 nitrogen and oxygen atoms in total. The lowest BCUT2D eigenvalue weighted by atomic mass is 10.0. The molecule has 372 valence electrons. The van der Waals surface area contributed by atoms with E-state index < -0.39 is 20.0 Å². The maximum absolute atomic E-state index is 12.9. The Morgan fingerprint density at radius 1 is 0.556 bits per heavy atom. The van der Waals surface area contributed by atoms with Gasteiger partial charge in [-0.05, 0) is 51.4 Å². The van der Waals surface area contributed by atoms with Gasteiger partial charge in [-0.2, -0.15) is 0 Å². The number of unbranched alkanes of at least 4 members (excludes halogenated alkanes) is 32. The van der Waals surface area contributed by atoms with E-state index in [0.29, 0.717) is 17.4 Å². The van der Waals surface area contributed by atoms with E-state index in [2.05, 4.69) is 43.5 Å². The number of quaternary nitrogens is 1. The van der Waals surface area contributed by atoms with Gasteiger partial charge in [-0.1, -0.05) is 230 Å². The van der Waals surface area contributed by atoms with Crippen LogP contribution in [0.3, 0.4) is 0 Å². The smallest absolute Gasteiger partial charge is 0.268 e. The summed E-state index contributed by atoms with van der Waals surface area (Å²) in [5.74, 6) is -0.198. The van der Waals surface area contributed by atoms with Crippen molar-refractivity contribution in [1.82, 2.24) is 5.32 Å². The minimum atomic E-state index is -4.59. The molecule has 0 aliphatic carbocycles. The van der Waals surface area contributed by atoms with E-state index in [1.807, 2.05) is 27.2 Å². The number of aliphatic hydroxyl groups excluding tert-OH is 1. The molecule has 0 aliphatic heterocycles. The molecule has 0 saturated carbocycles. The Morgan fingerprint density at radius 2 is 0.921 bits per heavy atom. The van der Waals surface area contributed by atoms with Crippen LogP contribution in [0.4, 0.5) is 0 Å². The Balaban J connectivity index is 4.10. The van der Waals surface area contributed by atoms with Gasteiger partial charge < -0.3 is 28.8 Å². The molecule has 0 aromatic rings. The zero-order valence-corrected chi connectivity index (χ0v) is 43.2. The van der Waals surface area contributed by atoms with E-state index in [1.54, 1.807) is 6.08 Å². The number of phosphoric ester groups is 1. The molecule has 3 atom stereocenters. The van der Waals surface area contributed by atoms with Crippen molar-refractivity contribution < 1.29 is 32.9 Å². The molecule has 0 spiro atoms. The highest BCUT2D eigenvalue weighted by molar-refractivity contribution is 7.45. The maximum Gasteiger partial charge on any atom is 0.268 e. The van der Waals surface area contributed by atoms with E-state index in [9.17, 15) is 19.4 Å². The van der Waals surface area contributed by atoms with Crippen LogP contribution in [-0.4, -0.2) is 68.5 Å². The van der Waals surface area contributed by atoms with Gasteiger partial charge >= 0.3 is 0 Å². The molecule has 0 bridgehead atoms. The second-order valence-electron chi connectivity index (χ2n) is 19.6. The quantitative estimate of drug-likeness (QED) is 0.0272. The van der Waals surface area contributed by atoms with Crippen molar-refractivity contribution in [2.24, 2.45) is 0 Å². The first kappa shape index (κ1) is 61.7. The van der Waals surface area contributed by atoms with E-state index in [-0.39, 0.29) is 19.1 Å². The van der Waals surface area contributed by atoms with Gasteiger partial charge in [0.2, 0.25) is 5.91 Å². The number of rotatable bonds is 49. The Kier molecular flexibility index (Phi) is 44.9. The lowest BCUT2D eigenvalue weighted by Gasteiger charge is -2.29. The molecule has 0 rings (SSSR count). The van der Waals surface area contributed by atoms with Gasteiger partial charge in [-0.3, -0.25) is 9.36 Å². The normalized spacial score (nSPS) is 14.3. The predicted octanol–water partition coefficient (Wildman–Crippen LogP) is 15.2. The third kappa shape index (κ3) is 48.5. The van der Waals surface area contributed by atoms with Gasteiger partial charge in [0.15, 0.2) is 0 Å². The third-order valence-electron chi connectivity index (χ3n) is 12.1. The van der Waals surface area contributed by atoms with Crippen LogP contribution >= 0.6 is 7.82 Å². The number of amides is 1. The molecule has 0 radical (unpaired) electrons. The van der Waals surface area contributed by atoms with Crippen LogP contribution in [0.25, 0.3) is 0 Å². The standard InChI is InChI=1S/C54H105N2O6P/c1-6-8-10-12-14-16-18-20-21-22-23-24-25-26-27-28-29-30-31-32-33-34-35-36-38-40-42-44-46-48-54(58)55-52(51-62-63(59,60)61-50-49-56(3,4)5)53(57)47-45-43-41-39-37-19-17-15-13-11-9-7-2/h23-24,26-27,45,47,52-53,57H,6-22,25,28-44,46,48-51H2,1-5H3,(H-,55,58,59,60)/b24-23-,27-26-,47-45+. The van der Waals surface area contributed by atoms with Crippen LogP contribution in [0.2, 0.25) is 0 Å². The van der Waals surface area contributed by atoms with Crippen LogP contribution in [0.15, 0.2) is 36.5 Å². The van der Waals surface area contributed by atoms with Gasteiger partial charge in [-0.25, -0.2) is 0 Å². The SMILES string of the molecule is CCCCCCCCCCC/C=C\C/C=C\CCCCCCCCCCCCCCCC(=O)NC(COP(=O)([O-])OCC[N+](C)(C)C)C(O)/C=C/CCCCCCCCCCCC. The predicted molar refractivity (Wildman–Crippen MR) is 270 cm³/mol. The molecule has 1 amide bonds. The van der Waals surface area contributed by atoms with Crippen molar-refractivity contribution in [2.45, 2.75) is 264 Å². The summed E-state index contributed by atoms with van der Waals surface area (Å²) in [7, 11) is 1.26. The Morgan fingerprint density at radius 3 is 1.32 bits per heavy atom. The number of hydrogen-bond donors (Lipinski definition) is 2. The first-order chi connectivity index (χ1) is 30.5. The number of likely N-dealkylation sites (N-methyl/N-ethyl adjacent to an activating group) is 1. The maximum atomic E-state index is 12.9. The number of nitrogens with one attached hydrogen (secondary N) is 1. The largest absolute Gasteiger partial charge is 0.756 e. The molecule has 0 heterocycles. The van der Waals surface area contributed by atoms with Gasteiger partial charge in [0.25, 0.3) is 7.82 Å². The summed E-state index contributed by atoms with van der Waals surface area (Å²) in [4.78, 5) is 25.4. The Hall–Kier alpha value is -1.28. The molecule has 2 N–H and O–H groups in total. The molecule has 0 aromatic heterocycles. The fourth-order valence-corrected chi connectivity index (χ4v) is 8.55. The third-order valence-corrected chi connectivity index (χ3v) is 13.1. The minimum Gasteiger partial charge on any atom is -0.756 e. The lowest BCUT2D eigenvalue weighted by Crippen LogP contribution is -2.45. The zero-order chi connectivity index (χ0) is 46.4. The van der Waals surface area contributed by atoms with Crippen molar-refractivity contribution >= 4 is 13.7 Å². The fraction of sp³-hybridized carbons (Fsp3) is 0.870. The van der Waals surface area contributed by atoms with Gasteiger partial charge in [0, 0.05) is 6.42 Å². The van der Waals surface area contributed by atoms with Gasteiger partial charge in [-0.15, -0.1) is 0 Å². The summed E-state index contributed by atoms with van der Waals surface area (Å²) >= 11 is 0. The highest BCUT2D eigenvalue weighted by atomic mass is 31.2. The average molecular weight is 909 g/mol. The average Bonchev–Trinajstić information content (AvgIpc) is 3.24. The summed E-state index contributed by atoms with van der Waals surface area (Å²) in [6.07, 6.45) is 57.9. The molecule has 0 saturated heterocycles. The number of hydrogen-bond acceptors (Lipinski definition) is 6. The summed E-state index contributed by atoms with van der Waals surface area (Å²) in [5, 5.41) is 13.8. The summed E-state index contributed by atoms with van der Waals surface area (Å²) in [6, 6.07) is -0.885. The number of carbonyl (C=O) groups excluding carboxylic acids is 1. The van der Waals surface area contributed by atoms with Crippen molar-refractivity contribution in [3.63, 3.8) is 0 Å². The van der Waals surface area contributed by atoms with E-state index >= 15 is 0 Å². The Bertz CT molecular complexity index is 1120. The second-order valence-corrected chi connectivity index (χ2v) is 21.0. The first-order valence-electron chi connectivity index (χ1n) is 26.9. The Labute approximate surface area is 391 Å². The fourth-order valence-electron chi connectivity index (χ4n) is 7.83. The molecular formula is C54H105N2O6P. The highest BCUT2D eigenvalue weighted by Gasteiger charge is 2.23. The molecule has 3 unspecified atom stereocenters. The van der Waals surface area contributed by atoms with Crippen molar-refractivity contribution in [3.8, 4) is 0 Å². The van der Waals surface area contributed by atoms with Crippen molar-refractivity contribution in [3.05, 3.63) is 36.5 Å². The zero-order valence-electron chi connectivity index (χ0n) is 42.3. The molecule has 0 aliphatic rings. The summed E-state index contributed by atoms with van der Waals surface area (Å²) in [5.41, 5.74) is 0. The molecule has 63 heavy (non-hydrogen) atoms. The van der Waals surface area contributed by atoms with Crippen LogP contribution in [0.5, 0.6) is 0 Å². The van der Waals surface area contributed by atoms with Crippen LogP contribution in [0, 0.1) is 0 Å². The minimum absolute atomic E-state index is 0.000724. The molecule has 0 fully saturated rings. The molecular weight excluding hydrogens is 804 g/mol. The van der Waals surface area contributed by atoms with Gasteiger partial charge in [0.1, 0.15) is 13.2 Å². The van der Waals surface area contributed by atoms with Crippen LogP contribution in [-0.2, 0) is 18.4 Å². The number of nitrogens with zero attached hydrogens (tertiary/aromatic N) is 1. The number of carbonyl (C=O) groups is 1. The summed E-state index contributed by atoms with van der Waals surface area (Å²) in [6.45, 7) is 4.65. The number of allylic oxidation sites excluding steroid dienone is 5. The van der Waals surface area contributed by atoms with E-state index in [0.717, 1.165) is 44.9 Å². The monoisotopic (exact) mass is 909 g/mol. The molecule has 9 heteroatoms. The van der Waals surface area contributed by atoms with Crippen LogP contribution in [0.1, 0.15) is 251 Å². The number of aliphatic hydroxyl groups is 1. The topological polar surface area (TPSA) is 108 Å². The van der Waals surface area contributed by atoms with Crippen molar-refractivity contribution in [1.29, 1.82) is 0 Å². The highest BCUT2D eigenvalue weighted by Crippen LogP contribution is 2.38. The van der Waals surface area contributed by atoms with Crippen molar-refractivity contribution in [2.75, 3.05) is 40.9 Å². The van der Waals surface area contributed by atoms with Gasteiger partial charge in [0.05, 0.1) is 39.9 Å². The second kappa shape index (κ2) is 45.9. The summed E-state index contributed by atoms with van der Waals surface area (Å²) < 4.78 is 23.2. The first-order valence-corrected chi connectivity index (χ1v) is 28.3. The van der Waals surface area contributed by atoms with Crippen LogP contribution < -0.4 is 10.2 Å².